The van der Waals surface area contributed by atoms with Gasteiger partial charge in [0.1, 0.15) is 0 Å². The number of anilines is 2. The van der Waals surface area contributed by atoms with Gasteiger partial charge in [0.2, 0.25) is 0 Å². The maximum Gasteiger partial charge on any atom is 0.418 e. The Kier molecular flexibility index (Phi) is 3.89. The summed E-state index contributed by atoms with van der Waals surface area (Å²) in [4.78, 5) is 0. The number of benzene rings is 1. The summed E-state index contributed by atoms with van der Waals surface area (Å²) in [6.45, 7) is 0. The van der Waals surface area contributed by atoms with Crippen molar-refractivity contribution in [2.75, 3.05) is 18.2 Å². The fraction of sp³-hybridized carbons (Fsp3) is 0.538. The molecule has 3 N–H and O–H groups in total. The minimum absolute atomic E-state index is 0.0480. The van der Waals surface area contributed by atoms with Gasteiger partial charge in [0.15, 0.2) is 0 Å². The number of nitrogens with two attached hydrogens (primary N) is 1. The van der Waals surface area contributed by atoms with Gasteiger partial charge in [-0.2, -0.15) is 13.2 Å². The van der Waals surface area contributed by atoms with Crippen molar-refractivity contribution in [3.63, 3.8) is 0 Å². The van der Waals surface area contributed by atoms with Gasteiger partial charge >= 0.3 is 6.18 Å². The highest BCUT2D eigenvalue weighted by molar-refractivity contribution is 5.58. The van der Waals surface area contributed by atoms with E-state index in [1.165, 1.54) is 6.07 Å². The summed E-state index contributed by atoms with van der Waals surface area (Å²) in [5, 5.41) is 3.10. The molecule has 0 aliphatic heterocycles. The molecule has 106 valence electrons. The predicted octanol–water partition coefficient (Wildman–Crippen LogP) is 3.27. The summed E-state index contributed by atoms with van der Waals surface area (Å²) >= 11 is 0. The maximum absolute atomic E-state index is 12.8. The Balaban J connectivity index is 2.17. The quantitative estimate of drug-likeness (QED) is 0.832. The van der Waals surface area contributed by atoms with Crippen LogP contribution >= 0.6 is 0 Å². The zero-order valence-electron chi connectivity index (χ0n) is 10.6. The molecule has 0 aromatic heterocycles. The van der Waals surface area contributed by atoms with E-state index in [4.69, 9.17) is 10.5 Å². The Bertz CT molecular complexity index is 448. The van der Waals surface area contributed by atoms with E-state index in [-0.39, 0.29) is 17.8 Å². The molecule has 0 spiro atoms. The van der Waals surface area contributed by atoms with E-state index in [9.17, 15) is 13.2 Å². The second-order valence-corrected chi connectivity index (χ2v) is 4.76. The molecule has 0 heterocycles. The molecule has 6 heteroatoms. The number of hydrogen-bond donors (Lipinski definition) is 2. The first-order valence-corrected chi connectivity index (χ1v) is 6.18. The second-order valence-electron chi connectivity index (χ2n) is 4.76. The molecule has 0 amide bonds. The van der Waals surface area contributed by atoms with Crippen LogP contribution in [0.2, 0.25) is 0 Å². The minimum atomic E-state index is -4.43. The Morgan fingerprint density at radius 3 is 2.68 bits per heavy atom. The van der Waals surface area contributed by atoms with Gasteiger partial charge in [0.25, 0.3) is 0 Å². The van der Waals surface area contributed by atoms with Gasteiger partial charge in [-0.1, -0.05) is 0 Å². The third kappa shape index (κ3) is 3.12. The van der Waals surface area contributed by atoms with Crippen molar-refractivity contribution in [3.05, 3.63) is 23.8 Å². The topological polar surface area (TPSA) is 47.3 Å². The monoisotopic (exact) mass is 274 g/mol. The number of hydrogen-bond acceptors (Lipinski definition) is 3. The molecule has 0 radical (unpaired) electrons. The van der Waals surface area contributed by atoms with Crippen molar-refractivity contribution in [1.82, 2.24) is 0 Å². The molecular formula is C13H17F3N2O. The van der Waals surface area contributed by atoms with E-state index in [1.54, 1.807) is 13.2 Å². The van der Waals surface area contributed by atoms with Crippen molar-refractivity contribution >= 4 is 11.4 Å². The lowest BCUT2D eigenvalue weighted by Gasteiger charge is -2.21. The lowest BCUT2D eigenvalue weighted by molar-refractivity contribution is -0.136. The molecule has 2 unspecified atom stereocenters. The molecule has 2 rings (SSSR count). The van der Waals surface area contributed by atoms with E-state index in [2.05, 4.69) is 5.32 Å². The van der Waals surface area contributed by atoms with E-state index in [0.29, 0.717) is 5.69 Å². The number of halogens is 3. The molecule has 1 fully saturated rings. The van der Waals surface area contributed by atoms with Crippen LogP contribution in [-0.4, -0.2) is 19.3 Å². The van der Waals surface area contributed by atoms with Crippen LogP contribution < -0.4 is 11.1 Å². The fourth-order valence-electron chi connectivity index (χ4n) is 2.48. The van der Waals surface area contributed by atoms with Crippen LogP contribution in [0.5, 0.6) is 0 Å². The molecule has 3 nitrogen and oxygen atoms in total. The van der Waals surface area contributed by atoms with E-state index in [0.717, 1.165) is 25.3 Å². The molecule has 0 bridgehead atoms. The summed E-state index contributed by atoms with van der Waals surface area (Å²) in [5.41, 5.74) is 4.73. The van der Waals surface area contributed by atoms with Crippen LogP contribution in [-0.2, 0) is 10.9 Å². The van der Waals surface area contributed by atoms with Gasteiger partial charge in [-0.3, -0.25) is 0 Å². The van der Waals surface area contributed by atoms with Crippen LogP contribution in [0.1, 0.15) is 24.8 Å². The highest BCUT2D eigenvalue weighted by atomic mass is 19.4. The van der Waals surface area contributed by atoms with Crippen LogP contribution in [0.3, 0.4) is 0 Å². The Hall–Kier alpha value is -1.43. The average Bonchev–Trinajstić information content (AvgIpc) is 2.77. The predicted molar refractivity (Wildman–Crippen MR) is 67.9 cm³/mol. The highest BCUT2D eigenvalue weighted by Gasteiger charge is 2.34. The van der Waals surface area contributed by atoms with Crippen molar-refractivity contribution in [2.24, 2.45) is 0 Å². The molecule has 1 aromatic rings. The van der Waals surface area contributed by atoms with Crippen molar-refractivity contribution in [2.45, 2.75) is 37.6 Å². The zero-order valence-corrected chi connectivity index (χ0v) is 10.6. The summed E-state index contributed by atoms with van der Waals surface area (Å²) in [6.07, 6.45) is -1.55. The number of nitrogens with one attached hydrogen (secondary N) is 1. The van der Waals surface area contributed by atoms with Gasteiger partial charge in [0, 0.05) is 18.5 Å². The lowest BCUT2D eigenvalue weighted by Crippen LogP contribution is -2.29. The number of rotatable bonds is 3. The summed E-state index contributed by atoms with van der Waals surface area (Å²) in [5.74, 6) is 0. The summed E-state index contributed by atoms with van der Waals surface area (Å²) < 4.78 is 43.6. The van der Waals surface area contributed by atoms with Gasteiger partial charge in [0.05, 0.1) is 17.7 Å². The molecule has 19 heavy (non-hydrogen) atoms. The molecule has 1 aliphatic carbocycles. The van der Waals surface area contributed by atoms with Crippen molar-refractivity contribution < 1.29 is 17.9 Å². The molecule has 1 saturated carbocycles. The number of methoxy groups -OCH3 is 1. The maximum atomic E-state index is 12.8. The molecule has 0 saturated heterocycles. The summed E-state index contributed by atoms with van der Waals surface area (Å²) in [7, 11) is 1.62. The van der Waals surface area contributed by atoms with Gasteiger partial charge in [-0.15, -0.1) is 0 Å². The van der Waals surface area contributed by atoms with E-state index in [1.807, 2.05) is 0 Å². The van der Waals surface area contributed by atoms with Crippen LogP contribution in [0.4, 0.5) is 24.5 Å². The number of alkyl halides is 3. The fourth-order valence-corrected chi connectivity index (χ4v) is 2.48. The standard InChI is InChI=1S/C13H17F3N2O/c1-19-12-4-2-3-11(12)18-8-5-6-10(17)9(7-8)13(14,15)16/h5-7,11-12,18H,2-4,17H2,1H3. The third-order valence-corrected chi connectivity index (χ3v) is 3.47. The van der Waals surface area contributed by atoms with Crippen LogP contribution in [0.15, 0.2) is 18.2 Å². The molecule has 1 aliphatic rings. The Labute approximate surface area is 109 Å². The van der Waals surface area contributed by atoms with Gasteiger partial charge < -0.3 is 15.8 Å². The molecular weight excluding hydrogens is 257 g/mol. The largest absolute Gasteiger partial charge is 0.418 e. The van der Waals surface area contributed by atoms with Crippen LogP contribution in [0, 0.1) is 0 Å². The van der Waals surface area contributed by atoms with E-state index < -0.39 is 11.7 Å². The second kappa shape index (κ2) is 5.28. The normalized spacial score (nSPS) is 23.6. The SMILES string of the molecule is COC1CCCC1Nc1ccc(N)c(C(F)(F)F)c1. The summed E-state index contributed by atoms with van der Waals surface area (Å²) in [6, 6.07) is 3.95. The van der Waals surface area contributed by atoms with Gasteiger partial charge in [-0.05, 0) is 37.5 Å². The van der Waals surface area contributed by atoms with Crippen molar-refractivity contribution in [3.8, 4) is 0 Å². The van der Waals surface area contributed by atoms with Crippen molar-refractivity contribution in [1.29, 1.82) is 0 Å². The Morgan fingerprint density at radius 1 is 1.32 bits per heavy atom. The first-order valence-electron chi connectivity index (χ1n) is 6.18. The lowest BCUT2D eigenvalue weighted by atomic mass is 10.1. The Morgan fingerprint density at radius 2 is 2.05 bits per heavy atom. The number of nitrogen functional groups attached to an aromatic ring is 1. The first-order chi connectivity index (χ1) is 8.91. The number of ether oxygens (including phenoxy) is 1. The zero-order chi connectivity index (χ0) is 14.0. The smallest absolute Gasteiger partial charge is 0.398 e. The third-order valence-electron chi connectivity index (χ3n) is 3.47. The first kappa shape index (κ1) is 14.0. The molecule has 2 atom stereocenters. The van der Waals surface area contributed by atoms with E-state index >= 15 is 0 Å². The minimum Gasteiger partial charge on any atom is -0.398 e. The van der Waals surface area contributed by atoms with Crippen LogP contribution in [0.25, 0.3) is 0 Å². The highest BCUT2D eigenvalue weighted by Crippen LogP contribution is 2.36. The molecule has 1 aromatic carbocycles. The average molecular weight is 274 g/mol. The van der Waals surface area contributed by atoms with Gasteiger partial charge in [-0.25, -0.2) is 0 Å².